The molecule has 1 amide bonds. The molecule has 2 rings (SSSR count). The van der Waals surface area contributed by atoms with E-state index in [1.807, 2.05) is 49.2 Å². The monoisotopic (exact) mass is 286 g/mol. The van der Waals surface area contributed by atoms with Crippen LogP contribution in [0.3, 0.4) is 0 Å². The van der Waals surface area contributed by atoms with E-state index in [1.165, 1.54) is 6.21 Å². The number of allylic oxidation sites excluding steroid dienone is 1. The summed E-state index contributed by atoms with van der Waals surface area (Å²) in [5.74, 6) is -0.248. The van der Waals surface area contributed by atoms with E-state index in [1.54, 1.807) is 6.08 Å². The van der Waals surface area contributed by atoms with Crippen LogP contribution in [0.15, 0.2) is 52.3 Å². The number of nitrogens with zero attached hydrogens (tertiary/aromatic N) is 3. The molecule has 0 fully saturated rings. The number of carbonyl (C=O) groups excluding carboxylic acids is 1. The molecular formula is C15H18N4O2. The van der Waals surface area contributed by atoms with E-state index in [-0.39, 0.29) is 12.1 Å². The van der Waals surface area contributed by atoms with E-state index in [0.29, 0.717) is 18.0 Å². The lowest BCUT2D eigenvalue weighted by molar-refractivity contribution is -0.114. The molecule has 0 aromatic heterocycles. The van der Waals surface area contributed by atoms with Crippen LogP contribution in [0.4, 0.5) is 0 Å². The van der Waals surface area contributed by atoms with Crippen LogP contribution in [0.2, 0.25) is 0 Å². The molecule has 0 saturated carbocycles. The van der Waals surface area contributed by atoms with Crippen LogP contribution < -0.4 is 5.32 Å². The fourth-order valence-electron chi connectivity index (χ4n) is 1.96. The van der Waals surface area contributed by atoms with E-state index in [2.05, 4.69) is 15.5 Å². The molecule has 0 radical (unpaired) electrons. The molecule has 1 aromatic carbocycles. The van der Waals surface area contributed by atoms with Crippen LogP contribution in [-0.2, 0) is 11.3 Å². The lowest BCUT2D eigenvalue weighted by Crippen LogP contribution is -2.38. The highest BCUT2D eigenvalue weighted by molar-refractivity contribution is 6.44. The van der Waals surface area contributed by atoms with Gasteiger partial charge >= 0.3 is 0 Å². The van der Waals surface area contributed by atoms with Crippen molar-refractivity contribution in [1.82, 2.24) is 10.2 Å². The predicted molar refractivity (Wildman–Crippen MR) is 81.3 cm³/mol. The molecule has 0 saturated heterocycles. The van der Waals surface area contributed by atoms with Crippen LogP contribution in [-0.4, -0.2) is 41.2 Å². The van der Waals surface area contributed by atoms with Gasteiger partial charge in [-0.1, -0.05) is 35.5 Å². The van der Waals surface area contributed by atoms with Gasteiger partial charge in [0.05, 0.1) is 11.9 Å². The number of hydrogen-bond acceptors (Lipinski definition) is 5. The van der Waals surface area contributed by atoms with Crippen molar-refractivity contribution in [3.05, 3.63) is 47.7 Å². The third kappa shape index (κ3) is 3.68. The topological polar surface area (TPSA) is 77.3 Å². The number of aliphatic imine (C=N–C) groups is 1. The molecule has 6 nitrogen and oxygen atoms in total. The third-order valence-corrected chi connectivity index (χ3v) is 3.30. The number of rotatable bonds is 4. The van der Waals surface area contributed by atoms with Crippen molar-refractivity contribution in [2.75, 3.05) is 7.05 Å². The first-order valence-electron chi connectivity index (χ1n) is 6.63. The molecule has 21 heavy (non-hydrogen) atoms. The molecular weight excluding hydrogens is 268 g/mol. The minimum atomic E-state index is -0.248. The summed E-state index contributed by atoms with van der Waals surface area (Å²) in [5, 5.41) is 14.5. The van der Waals surface area contributed by atoms with E-state index in [0.717, 1.165) is 5.56 Å². The Labute approximate surface area is 123 Å². The van der Waals surface area contributed by atoms with Crippen molar-refractivity contribution in [3.8, 4) is 0 Å². The van der Waals surface area contributed by atoms with Gasteiger partial charge in [0, 0.05) is 13.6 Å². The number of amides is 1. The Bertz CT molecular complexity index is 593. The number of hydrogen-bond donors (Lipinski definition) is 2. The van der Waals surface area contributed by atoms with Gasteiger partial charge in [-0.05, 0) is 18.6 Å². The maximum Gasteiger partial charge on any atom is 0.269 e. The minimum absolute atomic E-state index is 0.194. The minimum Gasteiger partial charge on any atom is -0.411 e. The van der Waals surface area contributed by atoms with Gasteiger partial charge in [0.2, 0.25) is 0 Å². The highest BCUT2D eigenvalue weighted by Crippen LogP contribution is 2.12. The lowest BCUT2D eigenvalue weighted by Gasteiger charge is -2.28. The number of oxime groups is 1. The predicted octanol–water partition coefficient (Wildman–Crippen LogP) is 1.38. The Morgan fingerprint density at radius 2 is 2.19 bits per heavy atom. The summed E-state index contributed by atoms with van der Waals surface area (Å²) < 4.78 is 0. The van der Waals surface area contributed by atoms with Gasteiger partial charge in [-0.2, -0.15) is 0 Å². The fourth-order valence-corrected chi connectivity index (χ4v) is 1.96. The molecule has 1 atom stereocenters. The maximum atomic E-state index is 12.2. The Kier molecular flexibility index (Phi) is 4.71. The molecule has 110 valence electrons. The zero-order chi connectivity index (χ0) is 15.2. The van der Waals surface area contributed by atoms with Gasteiger partial charge in [0.15, 0.2) is 0 Å². The second kappa shape index (κ2) is 6.69. The third-order valence-electron chi connectivity index (χ3n) is 3.30. The summed E-state index contributed by atoms with van der Waals surface area (Å²) in [6, 6.07) is 9.66. The molecule has 1 aliphatic rings. The van der Waals surface area contributed by atoms with Crippen molar-refractivity contribution < 1.29 is 10.0 Å². The summed E-state index contributed by atoms with van der Waals surface area (Å²) in [6.45, 7) is 2.31. The van der Waals surface area contributed by atoms with Crippen LogP contribution in [0, 0.1) is 0 Å². The van der Waals surface area contributed by atoms with Gasteiger partial charge < -0.3 is 15.4 Å². The Morgan fingerprint density at radius 1 is 1.48 bits per heavy atom. The summed E-state index contributed by atoms with van der Waals surface area (Å²) >= 11 is 0. The zero-order valence-corrected chi connectivity index (χ0v) is 12.0. The average Bonchev–Trinajstić information content (AvgIpc) is 2.50. The Hall–Kier alpha value is -2.63. The van der Waals surface area contributed by atoms with E-state index in [9.17, 15) is 4.79 Å². The summed E-state index contributed by atoms with van der Waals surface area (Å²) in [6.07, 6.45) is 2.69. The van der Waals surface area contributed by atoms with Crippen LogP contribution in [0.5, 0.6) is 0 Å². The van der Waals surface area contributed by atoms with Gasteiger partial charge in [-0.15, -0.1) is 0 Å². The van der Waals surface area contributed by atoms with Crippen LogP contribution in [0.1, 0.15) is 12.5 Å². The zero-order valence-electron chi connectivity index (χ0n) is 12.0. The van der Waals surface area contributed by atoms with E-state index < -0.39 is 0 Å². The number of benzene rings is 1. The summed E-state index contributed by atoms with van der Waals surface area (Å²) in [4.78, 5) is 18.3. The smallest absolute Gasteiger partial charge is 0.269 e. The largest absolute Gasteiger partial charge is 0.411 e. The fraction of sp³-hybridized carbons (Fsp3) is 0.267. The normalized spacial score (nSPS) is 18.4. The van der Waals surface area contributed by atoms with Crippen LogP contribution in [0.25, 0.3) is 0 Å². The summed E-state index contributed by atoms with van der Waals surface area (Å²) in [7, 11) is 1.82. The van der Waals surface area contributed by atoms with Gasteiger partial charge in [0.1, 0.15) is 11.9 Å². The van der Waals surface area contributed by atoms with Crippen molar-refractivity contribution in [2.24, 2.45) is 10.1 Å². The standard InChI is InChI=1S/C15H18N4O2/c1-11-18-14(8-13(10-17-21)19(11)2)15(20)16-9-12-6-4-3-5-7-12/h3-8,10-11,21H,9H2,1-2H3,(H,16,20)/b17-10-. The quantitative estimate of drug-likeness (QED) is 0.498. The molecule has 1 heterocycles. The first kappa shape index (κ1) is 14.8. The second-order valence-corrected chi connectivity index (χ2v) is 4.74. The van der Waals surface area contributed by atoms with Gasteiger partial charge in [-0.25, -0.2) is 0 Å². The van der Waals surface area contributed by atoms with Crippen LogP contribution >= 0.6 is 0 Å². The molecule has 0 bridgehead atoms. The molecule has 2 N–H and O–H groups in total. The van der Waals surface area contributed by atoms with E-state index in [4.69, 9.17) is 5.21 Å². The highest BCUT2D eigenvalue weighted by atomic mass is 16.4. The molecule has 1 unspecified atom stereocenters. The van der Waals surface area contributed by atoms with E-state index >= 15 is 0 Å². The lowest BCUT2D eigenvalue weighted by atomic mass is 10.2. The summed E-state index contributed by atoms with van der Waals surface area (Å²) in [5.41, 5.74) is 1.98. The molecule has 0 spiro atoms. The van der Waals surface area contributed by atoms with Crippen molar-refractivity contribution in [2.45, 2.75) is 19.6 Å². The molecule has 1 aromatic rings. The van der Waals surface area contributed by atoms with Gasteiger partial charge in [0.25, 0.3) is 5.91 Å². The molecule has 1 aliphatic heterocycles. The number of nitrogens with one attached hydrogen (secondary N) is 1. The second-order valence-electron chi connectivity index (χ2n) is 4.74. The average molecular weight is 286 g/mol. The first-order chi connectivity index (χ1) is 10.1. The Morgan fingerprint density at radius 3 is 2.86 bits per heavy atom. The van der Waals surface area contributed by atoms with Crippen molar-refractivity contribution in [1.29, 1.82) is 0 Å². The molecule has 6 heteroatoms. The van der Waals surface area contributed by atoms with Crippen molar-refractivity contribution in [3.63, 3.8) is 0 Å². The first-order valence-corrected chi connectivity index (χ1v) is 6.63. The van der Waals surface area contributed by atoms with Gasteiger partial charge in [-0.3, -0.25) is 9.79 Å². The number of carbonyl (C=O) groups is 1. The maximum absolute atomic E-state index is 12.2. The van der Waals surface area contributed by atoms with Crippen molar-refractivity contribution >= 4 is 17.8 Å². The SMILES string of the molecule is CC1N=C(C(=O)NCc2ccccc2)C=C(/C=N\O)N1C. The molecule has 0 aliphatic carbocycles. The highest BCUT2D eigenvalue weighted by Gasteiger charge is 2.20. The Balaban J connectivity index is 2.06.